The van der Waals surface area contributed by atoms with Crippen LogP contribution in [0, 0.1) is 0 Å². The molecule has 2 N–H and O–H groups in total. The highest BCUT2D eigenvalue weighted by molar-refractivity contribution is 5.89. The molecule has 0 unspecified atom stereocenters. The Labute approximate surface area is 137 Å². The Kier molecular flexibility index (Phi) is 5.77. The molecule has 122 valence electrons. The van der Waals surface area contributed by atoms with E-state index >= 15 is 0 Å². The lowest BCUT2D eigenvalue weighted by atomic mass is 10.0. The third-order valence-corrected chi connectivity index (χ3v) is 3.30. The Bertz CT molecular complexity index is 633. The fourth-order valence-electron chi connectivity index (χ4n) is 1.95. The zero-order valence-corrected chi connectivity index (χ0v) is 13.6. The van der Waals surface area contributed by atoms with E-state index in [2.05, 4.69) is 0 Å². The molecule has 0 saturated heterocycles. The number of hydrogen-bond acceptors (Lipinski definition) is 4. The number of esters is 1. The van der Waals surface area contributed by atoms with Crippen LogP contribution in [-0.4, -0.2) is 18.1 Å². The van der Waals surface area contributed by atoms with Gasteiger partial charge in [-0.3, -0.25) is 0 Å². The molecule has 0 aliphatic carbocycles. The zero-order chi connectivity index (χ0) is 16.7. The summed E-state index contributed by atoms with van der Waals surface area (Å²) < 4.78 is 11.0. The standard InChI is InChI=1S/C19H23NO3/c1-19(2,20)11-12-22-17-10-6-9-16(13-17)18(21)23-14-15-7-4-3-5-8-15/h3-10,13H,11-12,14,20H2,1-2H3. The van der Waals surface area contributed by atoms with Crippen molar-refractivity contribution < 1.29 is 14.3 Å². The fourth-order valence-corrected chi connectivity index (χ4v) is 1.95. The van der Waals surface area contributed by atoms with Gasteiger partial charge in [0, 0.05) is 5.54 Å². The van der Waals surface area contributed by atoms with E-state index in [1.54, 1.807) is 18.2 Å². The first-order valence-corrected chi connectivity index (χ1v) is 7.67. The minimum atomic E-state index is -0.363. The maximum absolute atomic E-state index is 12.1. The summed E-state index contributed by atoms with van der Waals surface area (Å²) in [5, 5.41) is 0. The summed E-state index contributed by atoms with van der Waals surface area (Å²) in [6.45, 7) is 4.67. The van der Waals surface area contributed by atoms with Crippen LogP contribution in [0.3, 0.4) is 0 Å². The number of carbonyl (C=O) groups is 1. The second kappa shape index (κ2) is 7.79. The first kappa shape index (κ1) is 17.0. The molecule has 0 aliphatic heterocycles. The van der Waals surface area contributed by atoms with Gasteiger partial charge in [-0.2, -0.15) is 0 Å². The molecule has 0 heterocycles. The molecule has 0 fully saturated rings. The molecule has 0 atom stereocenters. The van der Waals surface area contributed by atoms with Gasteiger partial charge in [0.1, 0.15) is 12.4 Å². The highest BCUT2D eigenvalue weighted by Crippen LogP contribution is 2.16. The van der Waals surface area contributed by atoms with Crippen molar-refractivity contribution in [2.75, 3.05) is 6.61 Å². The van der Waals surface area contributed by atoms with E-state index in [0.29, 0.717) is 17.9 Å². The molecular formula is C19H23NO3. The van der Waals surface area contributed by atoms with Gasteiger partial charge in [-0.05, 0) is 44.0 Å². The molecule has 23 heavy (non-hydrogen) atoms. The molecule has 0 aliphatic rings. The fraction of sp³-hybridized carbons (Fsp3) is 0.316. The lowest BCUT2D eigenvalue weighted by Crippen LogP contribution is -2.33. The van der Waals surface area contributed by atoms with Gasteiger partial charge in [-0.1, -0.05) is 36.4 Å². The van der Waals surface area contributed by atoms with Crippen molar-refractivity contribution >= 4 is 5.97 Å². The Hall–Kier alpha value is -2.33. The quantitative estimate of drug-likeness (QED) is 0.794. The largest absolute Gasteiger partial charge is 0.494 e. The molecule has 4 heteroatoms. The van der Waals surface area contributed by atoms with Gasteiger partial charge < -0.3 is 15.2 Å². The monoisotopic (exact) mass is 313 g/mol. The topological polar surface area (TPSA) is 61.5 Å². The second-order valence-electron chi connectivity index (χ2n) is 6.18. The number of hydrogen-bond donors (Lipinski definition) is 1. The number of rotatable bonds is 7. The van der Waals surface area contributed by atoms with Crippen molar-refractivity contribution in [3.05, 3.63) is 65.7 Å². The average Bonchev–Trinajstić information content (AvgIpc) is 2.53. The Morgan fingerprint density at radius 2 is 1.83 bits per heavy atom. The van der Waals surface area contributed by atoms with Crippen LogP contribution in [0.15, 0.2) is 54.6 Å². The van der Waals surface area contributed by atoms with E-state index in [9.17, 15) is 4.79 Å². The molecule has 2 aromatic carbocycles. The summed E-state index contributed by atoms with van der Waals surface area (Å²) in [5.74, 6) is 0.280. The molecule has 0 radical (unpaired) electrons. The van der Waals surface area contributed by atoms with Crippen LogP contribution in [0.4, 0.5) is 0 Å². The van der Waals surface area contributed by atoms with Crippen LogP contribution in [0.2, 0.25) is 0 Å². The van der Waals surface area contributed by atoms with Gasteiger partial charge in [-0.15, -0.1) is 0 Å². The molecular weight excluding hydrogens is 290 g/mol. The van der Waals surface area contributed by atoms with Crippen molar-refractivity contribution in [2.45, 2.75) is 32.4 Å². The Morgan fingerprint density at radius 1 is 1.09 bits per heavy atom. The van der Waals surface area contributed by atoms with Crippen LogP contribution in [0.1, 0.15) is 36.2 Å². The number of carbonyl (C=O) groups excluding carboxylic acids is 1. The van der Waals surface area contributed by atoms with E-state index in [0.717, 1.165) is 12.0 Å². The van der Waals surface area contributed by atoms with E-state index in [-0.39, 0.29) is 18.1 Å². The third kappa shape index (κ3) is 6.12. The van der Waals surface area contributed by atoms with Crippen LogP contribution < -0.4 is 10.5 Å². The molecule has 4 nitrogen and oxygen atoms in total. The van der Waals surface area contributed by atoms with Gasteiger partial charge in [0.05, 0.1) is 12.2 Å². The average molecular weight is 313 g/mol. The van der Waals surface area contributed by atoms with Crippen molar-refractivity contribution in [1.82, 2.24) is 0 Å². The van der Waals surface area contributed by atoms with E-state index < -0.39 is 0 Å². The molecule has 2 rings (SSSR count). The molecule has 0 aromatic heterocycles. The summed E-state index contributed by atoms with van der Waals surface area (Å²) in [5.41, 5.74) is 7.08. The first-order valence-electron chi connectivity index (χ1n) is 7.67. The predicted octanol–water partition coefficient (Wildman–Crippen LogP) is 3.55. The predicted molar refractivity (Wildman–Crippen MR) is 90.4 cm³/mol. The summed E-state index contributed by atoms with van der Waals surface area (Å²) >= 11 is 0. The second-order valence-corrected chi connectivity index (χ2v) is 6.18. The van der Waals surface area contributed by atoms with Crippen molar-refractivity contribution in [1.29, 1.82) is 0 Å². The molecule has 0 amide bonds. The van der Waals surface area contributed by atoms with Crippen molar-refractivity contribution in [2.24, 2.45) is 5.73 Å². The lowest BCUT2D eigenvalue weighted by molar-refractivity contribution is 0.0472. The normalized spacial score (nSPS) is 11.1. The van der Waals surface area contributed by atoms with Crippen LogP contribution in [0.5, 0.6) is 5.75 Å². The summed E-state index contributed by atoms with van der Waals surface area (Å²) in [6, 6.07) is 16.6. The maximum Gasteiger partial charge on any atom is 0.338 e. The van der Waals surface area contributed by atoms with Gasteiger partial charge in [0.25, 0.3) is 0 Å². The van der Waals surface area contributed by atoms with Gasteiger partial charge in [0.15, 0.2) is 0 Å². The van der Waals surface area contributed by atoms with Crippen molar-refractivity contribution in [3.63, 3.8) is 0 Å². The molecule has 0 spiro atoms. The lowest BCUT2D eigenvalue weighted by Gasteiger charge is -2.18. The Balaban J connectivity index is 1.89. The number of benzene rings is 2. The zero-order valence-electron chi connectivity index (χ0n) is 13.6. The van der Waals surface area contributed by atoms with Crippen LogP contribution in [0.25, 0.3) is 0 Å². The van der Waals surface area contributed by atoms with Gasteiger partial charge >= 0.3 is 5.97 Å². The third-order valence-electron chi connectivity index (χ3n) is 3.30. The number of nitrogens with two attached hydrogens (primary N) is 1. The Morgan fingerprint density at radius 3 is 2.52 bits per heavy atom. The minimum absolute atomic E-state index is 0.256. The highest BCUT2D eigenvalue weighted by atomic mass is 16.5. The highest BCUT2D eigenvalue weighted by Gasteiger charge is 2.12. The van der Waals surface area contributed by atoms with Crippen LogP contribution >= 0.6 is 0 Å². The molecule has 0 saturated carbocycles. The summed E-state index contributed by atoms with van der Waals surface area (Å²) in [4.78, 5) is 12.1. The molecule has 0 bridgehead atoms. The van der Waals surface area contributed by atoms with E-state index in [1.807, 2.05) is 50.2 Å². The maximum atomic E-state index is 12.1. The van der Waals surface area contributed by atoms with Crippen LogP contribution in [-0.2, 0) is 11.3 Å². The number of ether oxygens (including phenoxy) is 2. The van der Waals surface area contributed by atoms with E-state index in [1.165, 1.54) is 0 Å². The van der Waals surface area contributed by atoms with Gasteiger partial charge in [-0.25, -0.2) is 4.79 Å². The smallest absolute Gasteiger partial charge is 0.338 e. The van der Waals surface area contributed by atoms with Gasteiger partial charge in [0.2, 0.25) is 0 Å². The SMILES string of the molecule is CC(C)(N)CCOc1cccc(C(=O)OCc2ccccc2)c1. The summed E-state index contributed by atoms with van der Waals surface area (Å²) in [7, 11) is 0. The van der Waals surface area contributed by atoms with E-state index in [4.69, 9.17) is 15.2 Å². The minimum Gasteiger partial charge on any atom is -0.494 e. The summed E-state index contributed by atoms with van der Waals surface area (Å²) in [6.07, 6.45) is 0.732. The van der Waals surface area contributed by atoms with Crippen molar-refractivity contribution in [3.8, 4) is 5.75 Å². The first-order chi connectivity index (χ1) is 10.9. The molecule has 2 aromatic rings.